The van der Waals surface area contributed by atoms with Crippen molar-refractivity contribution in [1.29, 1.82) is 0 Å². The van der Waals surface area contributed by atoms with Crippen LogP contribution >= 0.6 is 11.3 Å². The highest BCUT2D eigenvalue weighted by Gasteiger charge is 2.19. The molecule has 0 atom stereocenters. The van der Waals surface area contributed by atoms with Gasteiger partial charge in [-0.25, -0.2) is 9.97 Å². The highest BCUT2D eigenvalue weighted by molar-refractivity contribution is 7.09. The highest BCUT2D eigenvalue weighted by Crippen LogP contribution is 2.23. The fraction of sp³-hybridized carbons (Fsp3) is 0.111. The van der Waals surface area contributed by atoms with Crippen LogP contribution in [-0.2, 0) is 6.54 Å². The number of ketones is 1. The van der Waals surface area contributed by atoms with Crippen molar-refractivity contribution in [2.45, 2.75) is 13.5 Å². The summed E-state index contributed by atoms with van der Waals surface area (Å²) in [6.45, 7) is 1.76. The second-order valence-corrected chi connectivity index (χ2v) is 6.74. The number of thiazole rings is 1. The number of amides is 1. The van der Waals surface area contributed by atoms with E-state index >= 15 is 0 Å². The maximum atomic E-state index is 12.6. The largest absolute Gasteiger partial charge is 0.443 e. The van der Waals surface area contributed by atoms with Crippen LogP contribution in [0.25, 0.3) is 11.3 Å². The van der Waals surface area contributed by atoms with Crippen LogP contribution in [-0.4, -0.2) is 36.7 Å². The molecule has 1 aromatic carbocycles. The van der Waals surface area contributed by atoms with Crippen LogP contribution in [0.2, 0.25) is 0 Å². The first-order chi connectivity index (χ1) is 13.6. The standard InChI is InChI=1S/C18H14N6O3S/c1-11(25)13-9-28-15(21-13)8-24-20-7-14(23-24)22-18(26)16-17(27-10-19-16)12-5-3-2-4-6-12/h2-7,9-10H,8H2,1H3,(H,22,23,26). The molecule has 0 saturated heterocycles. The van der Waals surface area contributed by atoms with Crippen molar-refractivity contribution < 1.29 is 14.0 Å². The number of hydrogen-bond acceptors (Lipinski definition) is 8. The Balaban J connectivity index is 1.46. The molecule has 140 valence electrons. The van der Waals surface area contributed by atoms with E-state index in [1.807, 2.05) is 30.3 Å². The molecule has 9 nitrogen and oxygen atoms in total. The Morgan fingerprint density at radius 2 is 2.07 bits per heavy atom. The number of hydrogen-bond donors (Lipinski definition) is 1. The van der Waals surface area contributed by atoms with E-state index in [0.717, 1.165) is 5.56 Å². The summed E-state index contributed by atoms with van der Waals surface area (Å²) in [5.74, 6) is 0.110. The number of anilines is 1. The molecule has 10 heteroatoms. The average Bonchev–Trinajstić information content (AvgIpc) is 3.43. The van der Waals surface area contributed by atoms with Gasteiger partial charge in [-0.2, -0.15) is 9.90 Å². The SMILES string of the molecule is CC(=O)c1csc(Cn2ncc(NC(=O)c3ncoc3-c3ccccc3)n2)n1. The number of benzene rings is 1. The molecule has 1 amide bonds. The molecule has 0 unspecified atom stereocenters. The van der Waals surface area contributed by atoms with E-state index in [1.54, 1.807) is 5.38 Å². The van der Waals surface area contributed by atoms with Gasteiger partial charge in [0, 0.05) is 17.9 Å². The Morgan fingerprint density at radius 1 is 1.25 bits per heavy atom. The van der Waals surface area contributed by atoms with E-state index in [9.17, 15) is 9.59 Å². The smallest absolute Gasteiger partial charge is 0.279 e. The van der Waals surface area contributed by atoms with Gasteiger partial charge in [0.05, 0.1) is 6.20 Å². The van der Waals surface area contributed by atoms with Crippen molar-refractivity contribution in [2.24, 2.45) is 0 Å². The molecule has 0 aliphatic rings. The first kappa shape index (κ1) is 17.7. The molecule has 0 fully saturated rings. The van der Waals surface area contributed by atoms with Crippen molar-refractivity contribution in [3.8, 4) is 11.3 Å². The van der Waals surface area contributed by atoms with Gasteiger partial charge in [0.1, 0.15) is 17.2 Å². The molecule has 28 heavy (non-hydrogen) atoms. The Bertz CT molecular complexity index is 1130. The summed E-state index contributed by atoms with van der Waals surface area (Å²) < 4.78 is 5.37. The van der Waals surface area contributed by atoms with E-state index in [0.29, 0.717) is 23.0 Å². The summed E-state index contributed by atoms with van der Waals surface area (Å²) in [5.41, 5.74) is 1.32. The van der Waals surface area contributed by atoms with E-state index in [2.05, 4.69) is 25.5 Å². The fourth-order valence-electron chi connectivity index (χ4n) is 2.47. The number of nitrogens with zero attached hydrogens (tertiary/aromatic N) is 5. The normalized spacial score (nSPS) is 10.8. The summed E-state index contributed by atoms with van der Waals surface area (Å²) >= 11 is 1.35. The monoisotopic (exact) mass is 394 g/mol. The lowest BCUT2D eigenvalue weighted by atomic mass is 10.1. The summed E-state index contributed by atoms with van der Waals surface area (Å²) in [7, 11) is 0. The Labute approximate surface area is 163 Å². The van der Waals surface area contributed by atoms with Crippen LogP contribution in [0, 0.1) is 0 Å². The predicted molar refractivity (Wildman–Crippen MR) is 101 cm³/mol. The van der Waals surface area contributed by atoms with Crippen molar-refractivity contribution >= 4 is 28.8 Å². The lowest BCUT2D eigenvalue weighted by Gasteiger charge is -2.01. The van der Waals surface area contributed by atoms with Crippen LogP contribution in [0.4, 0.5) is 5.82 Å². The molecule has 4 rings (SSSR count). The second kappa shape index (κ2) is 7.53. The highest BCUT2D eigenvalue weighted by atomic mass is 32.1. The third-order valence-corrected chi connectivity index (χ3v) is 4.62. The Hall–Kier alpha value is -3.66. The molecular weight excluding hydrogens is 380 g/mol. The van der Waals surface area contributed by atoms with Crippen molar-refractivity contribution in [2.75, 3.05) is 5.32 Å². The van der Waals surface area contributed by atoms with E-state index < -0.39 is 5.91 Å². The molecular formula is C18H14N6O3S. The first-order valence-corrected chi connectivity index (χ1v) is 9.14. The van der Waals surface area contributed by atoms with Gasteiger partial charge in [-0.15, -0.1) is 16.4 Å². The molecule has 3 aromatic heterocycles. The van der Waals surface area contributed by atoms with Gasteiger partial charge in [0.2, 0.25) is 0 Å². The molecule has 0 aliphatic carbocycles. The van der Waals surface area contributed by atoms with Gasteiger partial charge < -0.3 is 9.73 Å². The minimum absolute atomic E-state index is 0.0919. The molecule has 4 aromatic rings. The minimum atomic E-state index is -0.451. The average molecular weight is 394 g/mol. The third kappa shape index (κ3) is 3.71. The van der Waals surface area contributed by atoms with Crippen molar-refractivity contribution in [1.82, 2.24) is 25.0 Å². The zero-order chi connectivity index (χ0) is 19.5. The minimum Gasteiger partial charge on any atom is -0.443 e. The number of rotatable bonds is 6. The lowest BCUT2D eigenvalue weighted by molar-refractivity contribution is 0.100. The van der Waals surface area contributed by atoms with Crippen molar-refractivity contribution in [3.63, 3.8) is 0 Å². The predicted octanol–water partition coefficient (Wildman–Crippen LogP) is 2.89. The molecule has 0 radical (unpaired) electrons. The van der Waals surface area contributed by atoms with E-state index in [-0.39, 0.29) is 17.3 Å². The van der Waals surface area contributed by atoms with Crippen LogP contribution in [0.15, 0.2) is 52.7 Å². The topological polar surface area (TPSA) is 116 Å². The van der Waals surface area contributed by atoms with Crippen LogP contribution < -0.4 is 5.32 Å². The van der Waals surface area contributed by atoms with Crippen LogP contribution in [0.1, 0.15) is 32.9 Å². The molecule has 0 saturated carbocycles. The van der Waals surface area contributed by atoms with E-state index in [1.165, 1.54) is 35.6 Å². The number of Topliss-reactive ketones (excluding diaryl/α,β-unsaturated/α-hetero) is 1. The summed E-state index contributed by atoms with van der Waals surface area (Å²) in [6.07, 6.45) is 2.66. The van der Waals surface area contributed by atoms with Crippen LogP contribution in [0.5, 0.6) is 0 Å². The fourth-order valence-corrected chi connectivity index (χ4v) is 3.28. The van der Waals surface area contributed by atoms with Gasteiger partial charge in [0.25, 0.3) is 5.91 Å². The number of carbonyl (C=O) groups excluding carboxylic acids is 2. The third-order valence-electron chi connectivity index (χ3n) is 3.79. The lowest BCUT2D eigenvalue weighted by Crippen LogP contribution is -2.14. The van der Waals surface area contributed by atoms with Gasteiger partial charge in [-0.3, -0.25) is 9.59 Å². The van der Waals surface area contributed by atoms with Gasteiger partial charge in [-0.1, -0.05) is 30.3 Å². The van der Waals surface area contributed by atoms with Crippen molar-refractivity contribution in [3.05, 3.63) is 64.7 Å². The number of oxazole rings is 1. The van der Waals surface area contributed by atoms with Gasteiger partial charge in [-0.05, 0) is 0 Å². The number of aromatic nitrogens is 5. The summed E-state index contributed by atoms with van der Waals surface area (Å²) in [4.78, 5) is 33.5. The molecule has 0 spiro atoms. The van der Waals surface area contributed by atoms with Gasteiger partial charge in [0.15, 0.2) is 29.4 Å². The number of carbonyl (C=O) groups is 2. The van der Waals surface area contributed by atoms with Gasteiger partial charge >= 0.3 is 0 Å². The quantitative estimate of drug-likeness (QED) is 0.500. The molecule has 0 aliphatic heterocycles. The zero-order valence-electron chi connectivity index (χ0n) is 14.7. The van der Waals surface area contributed by atoms with Crippen LogP contribution in [0.3, 0.4) is 0 Å². The maximum Gasteiger partial charge on any atom is 0.279 e. The summed E-state index contributed by atoms with van der Waals surface area (Å²) in [5, 5.41) is 13.4. The summed E-state index contributed by atoms with van der Waals surface area (Å²) in [6, 6.07) is 9.23. The molecule has 1 N–H and O–H groups in total. The Kier molecular flexibility index (Phi) is 4.77. The maximum absolute atomic E-state index is 12.6. The molecule has 3 heterocycles. The number of nitrogens with one attached hydrogen (secondary N) is 1. The zero-order valence-corrected chi connectivity index (χ0v) is 15.5. The first-order valence-electron chi connectivity index (χ1n) is 8.26. The van der Waals surface area contributed by atoms with E-state index in [4.69, 9.17) is 4.42 Å². The Morgan fingerprint density at radius 3 is 2.82 bits per heavy atom. The molecule has 0 bridgehead atoms. The second-order valence-electron chi connectivity index (χ2n) is 5.79.